The van der Waals surface area contributed by atoms with Crippen LogP contribution in [0.3, 0.4) is 0 Å². The third kappa shape index (κ3) is 6.61. The van der Waals surface area contributed by atoms with Crippen molar-refractivity contribution in [2.75, 3.05) is 31.5 Å². The molecule has 26 heavy (non-hydrogen) atoms. The quantitative estimate of drug-likeness (QED) is 0.629. The van der Waals surface area contributed by atoms with Crippen LogP contribution in [0.5, 0.6) is 0 Å². The molecule has 2 amide bonds. The number of thiophene rings is 1. The van der Waals surface area contributed by atoms with Gasteiger partial charge in [-0.05, 0) is 30.8 Å². The van der Waals surface area contributed by atoms with Gasteiger partial charge in [0.1, 0.15) is 5.82 Å². The fourth-order valence-corrected chi connectivity index (χ4v) is 3.24. The molecule has 0 aromatic carbocycles. The van der Waals surface area contributed by atoms with Crippen molar-refractivity contribution in [2.45, 2.75) is 33.2 Å². The molecular formula is C18H27N5O2S. The van der Waals surface area contributed by atoms with Crippen molar-refractivity contribution < 1.29 is 9.59 Å². The Morgan fingerprint density at radius 3 is 2.69 bits per heavy atom. The molecule has 0 aliphatic carbocycles. The molecule has 0 unspecified atom stereocenters. The summed E-state index contributed by atoms with van der Waals surface area (Å²) in [7, 11) is 0. The van der Waals surface area contributed by atoms with E-state index in [1.807, 2.05) is 36.3 Å². The van der Waals surface area contributed by atoms with Crippen LogP contribution in [-0.4, -0.2) is 52.7 Å². The van der Waals surface area contributed by atoms with Gasteiger partial charge in [-0.2, -0.15) is 5.10 Å². The maximum Gasteiger partial charge on any atom is 0.239 e. The average Bonchev–Trinajstić information content (AvgIpc) is 3.26. The minimum atomic E-state index is -0.144. The second-order valence-corrected chi connectivity index (χ2v) is 7.09. The summed E-state index contributed by atoms with van der Waals surface area (Å²) in [5.74, 6) is 0.473. The molecule has 0 aliphatic rings. The van der Waals surface area contributed by atoms with Crippen molar-refractivity contribution in [3.63, 3.8) is 0 Å². The number of amides is 2. The van der Waals surface area contributed by atoms with E-state index in [1.54, 1.807) is 28.3 Å². The molecule has 0 bridgehead atoms. The van der Waals surface area contributed by atoms with E-state index in [0.717, 1.165) is 12.8 Å². The van der Waals surface area contributed by atoms with Crippen molar-refractivity contribution in [1.82, 2.24) is 20.0 Å². The van der Waals surface area contributed by atoms with E-state index in [-0.39, 0.29) is 24.9 Å². The number of hydrogen-bond donors (Lipinski definition) is 2. The Balaban J connectivity index is 1.89. The summed E-state index contributed by atoms with van der Waals surface area (Å²) in [6.07, 6.45) is 3.45. The van der Waals surface area contributed by atoms with Crippen LogP contribution in [0, 0.1) is 0 Å². The highest BCUT2D eigenvalue weighted by Gasteiger charge is 2.15. The third-order valence-electron chi connectivity index (χ3n) is 3.72. The van der Waals surface area contributed by atoms with Crippen molar-refractivity contribution in [3.05, 3.63) is 34.7 Å². The van der Waals surface area contributed by atoms with Crippen molar-refractivity contribution >= 4 is 29.0 Å². The van der Waals surface area contributed by atoms with E-state index < -0.39 is 0 Å². The van der Waals surface area contributed by atoms with Gasteiger partial charge in [-0.25, -0.2) is 4.68 Å². The lowest BCUT2D eigenvalue weighted by Gasteiger charge is -2.20. The van der Waals surface area contributed by atoms with Gasteiger partial charge in [-0.3, -0.25) is 14.5 Å². The van der Waals surface area contributed by atoms with Crippen LogP contribution in [-0.2, 0) is 16.1 Å². The Morgan fingerprint density at radius 2 is 2.00 bits per heavy atom. The summed E-state index contributed by atoms with van der Waals surface area (Å²) >= 11 is 1.65. The molecule has 142 valence electrons. The Labute approximate surface area is 158 Å². The predicted octanol–water partition coefficient (Wildman–Crippen LogP) is 2.17. The van der Waals surface area contributed by atoms with Crippen LogP contribution in [0.4, 0.5) is 5.82 Å². The fraction of sp³-hybridized carbons (Fsp3) is 0.500. The van der Waals surface area contributed by atoms with Gasteiger partial charge in [0.25, 0.3) is 0 Å². The summed E-state index contributed by atoms with van der Waals surface area (Å²) < 4.78 is 1.77. The van der Waals surface area contributed by atoms with E-state index in [1.165, 1.54) is 4.88 Å². The van der Waals surface area contributed by atoms with Gasteiger partial charge >= 0.3 is 0 Å². The molecule has 2 heterocycles. The Bertz CT molecular complexity index is 684. The zero-order chi connectivity index (χ0) is 18.8. The number of carbonyl (C=O) groups is 2. The SMILES string of the molecule is CCCNC(=O)CN(CCC)CC(=O)Nc1ccnn1Cc1cccs1. The van der Waals surface area contributed by atoms with E-state index in [0.29, 0.717) is 25.5 Å². The fourth-order valence-electron chi connectivity index (χ4n) is 2.55. The number of anilines is 1. The molecule has 0 saturated heterocycles. The molecule has 8 heteroatoms. The van der Waals surface area contributed by atoms with Crippen molar-refractivity contribution in [1.29, 1.82) is 0 Å². The van der Waals surface area contributed by atoms with Gasteiger partial charge in [0.15, 0.2) is 0 Å². The lowest BCUT2D eigenvalue weighted by Crippen LogP contribution is -2.41. The molecule has 0 saturated carbocycles. The Kier molecular flexibility index (Phi) is 8.30. The maximum atomic E-state index is 12.4. The maximum absolute atomic E-state index is 12.4. The summed E-state index contributed by atoms with van der Waals surface area (Å²) in [6.45, 7) is 6.43. The standard InChI is InChI=1S/C18H27N5O2S/c1-3-8-19-17(24)13-22(10-4-2)14-18(25)21-16-7-9-20-23(16)12-15-6-5-11-26-15/h5-7,9,11H,3-4,8,10,12-14H2,1-2H3,(H,19,24)(H,21,25). The van der Waals surface area contributed by atoms with Gasteiger partial charge in [0, 0.05) is 17.5 Å². The molecule has 0 radical (unpaired) electrons. The number of rotatable bonds is 11. The molecule has 0 aliphatic heterocycles. The smallest absolute Gasteiger partial charge is 0.239 e. The van der Waals surface area contributed by atoms with E-state index in [9.17, 15) is 9.59 Å². The van der Waals surface area contributed by atoms with Crippen LogP contribution in [0.25, 0.3) is 0 Å². The van der Waals surface area contributed by atoms with Gasteiger partial charge in [-0.15, -0.1) is 11.3 Å². The van der Waals surface area contributed by atoms with Gasteiger partial charge in [0.05, 0.1) is 25.8 Å². The molecule has 7 nitrogen and oxygen atoms in total. The highest BCUT2D eigenvalue weighted by Crippen LogP contribution is 2.14. The van der Waals surface area contributed by atoms with Gasteiger partial charge in [0.2, 0.25) is 11.8 Å². The first-order valence-electron chi connectivity index (χ1n) is 8.95. The molecule has 2 aromatic rings. The Hall–Kier alpha value is -2.19. The van der Waals surface area contributed by atoms with Crippen molar-refractivity contribution in [2.24, 2.45) is 0 Å². The zero-order valence-electron chi connectivity index (χ0n) is 15.4. The zero-order valence-corrected chi connectivity index (χ0v) is 16.2. The summed E-state index contributed by atoms with van der Waals surface area (Å²) in [6, 6.07) is 5.81. The average molecular weight is 378 g/mol. The molecule has 2 aromatic heterocycles. The highest BCUT2D eigenvalue weighted by atomic mass is 32.1. The number of aromatic nitrogens is 2. The number of hydrogen-bond acceptors (Lipinski definition) is 5. The van der Waals surface area contributed by atoms with Crippen LogP contribution in [0.1, 0.15) is 31.6 Å². The minimum absolute atomic E-state index is 0.0455. The van der Waals surface area contributed by atoms with Gasteiger partial charge in [-0.1, -0.05) is 19.9 Å². The number of nitrogens with zero attached hydrogens (tertiary/aromatic N) is 3. The normalized spacial score (nSPS) is 10.9. The molecule has 0 spiro atoms. The monoisotopic (exact) mass is 377 g/mol. The number of nitrogens with one attached hydrogen (secondary N) is 2. The molecule has 0 atom stereocenters. The molecule has 2 rings (SSSR count). The molecule has 0 fully saturated rings. The first-order valence-corrected chi connectivity index (χ1v) is 9.83. The highest BCUT2D eigenvalue weighted by molar-refractivity contribution is 7.09. The number of carbonyl (C=O) groups excluding carboxylic acids is 2. The lowest BCUT2D eigenvalue weighted by molar-refractivity contribution is -0.123. The van der Waals surface area contributed by atoms with Crippen LogP contribution >= 0.6 is 11.3 Å². The molecule has 2 N–H and O–H groups in total. The third-order valence-corrected chi connectivity index (χ3v) is 4.58. The largest absolute Gasteiger partial charge is 0.355 e. The first-order chi connectivity index (χ1) is 12.6. The predicted molar refractivity (Wildman–Crippen MR) is 104 cm³/mol. The van der Waals surface area contributed by atoms with Crippen LogP contribution in [0.2, 0.25) is 0 Å². The van der Waals surface area contributed by atoms with Crippen molar-refractivity contribution in [3.8, 4) is 0 Å². The summed E-state index contributed by atoms with van der Waals surface area (Å²) in [5, 5.41) is 12.0. The topological polar surface area (TPSA) is 79.3 Å². The van der Waals surface area contributed by atoms with E-state index in [2.05, 4.69) is 15.7 Å². The molecular weight excluding hydrogens is 350 g/mol. The second-order valence-electron chi connectivity index (χ2n) is 6.06. The summed E-state index contributed by atoms with van der Waals surface area (Å²) in [4.78, 5) is 27.4. The van der Waals surface area contributed by atoms with E-state index >= 15 is 0 Å². The van der Waals surface area contributed by atoms with Gasteiger partial charge < -0.3 is 10.6 Å². The minimum Gasteiger partial charge on any atom is -0.355 e. The Morgan fingerprint density at radius 1 is 1.19 bits per heavy atom. The second kappa shape index (κ2) is 10.7. The van der Waals surface area contributed by atoms with E-state index in [4.69, 9.17) is 0 Å². The van der Waals surface area contributed by atoms with Crippen LogP contribution in [0.15, 0.2) is 29.8 Å². The summed E-state index contributed by atoms with van der Waals surface area (Å²) in [5.41, 5.74) is 0. The first kappa shape index (κ1) is 20.1. The lowest BCUT2D eigenvalue weighted by atomic mass is 10.3. The van der Waals surface area contributed by atoms with Crippen LogP contribution < -0.4 is 10.6 Å².